The lowest BCUT2D eigenvalue weighted by atomic mass is 10.1. The summed E-state index contributed by atoms with van der Waals surface area (Å²) in [4.78, 5) is 4.81. The highest BCUT2D eigenvalue weighted by molar-refractivity contribution is 5.61. The average molecular weight is 209 g/mol. The summed E-state index contributed by atoms with van der Waals surface area (Å²) in [6.07, 6.45) is 1.87. The standard InChI is InChI=1S/C13H11N3/c14-8-13-12-6-10(12)11(16(12)13)15(13)7-9-4-2-1-3-5-9/h1-5,10-11H,6-7H2. The number of nitriles is 1. The normalized spacial score (nSPS) is 53.8. The van der Waals surface area contributed by atoms with Crippen molar-refractivity contribution < 1.29 is 0 Å². The second kappa shape index (κ2) is 1.92. The Labute approximate surface area is 93.9 Å². The molecule has 1 saturated carbocycles. The van der Waals surface area contributed by atoms with E-state index in [1.54, 1.807) is 0 Å². The van der Waals surface area contributed by atoms with Crippen molar-refractivity contribution in [1.29, 1.82) is 5.26 Å². The molecule has 0 bridgehead atoms. The van der Waals surface area contributed by atoms with Crippen LogP contribution in [0.1, 0.15) is 12.0 Å². The first-order valence-electron chi connectivity index (χ1n) is 5.88. The van der Waals surface area contributed by atoms with Gasteiger partial charge < -0.3 is 0 Å². The molecule has 1 aromatic carbocycles. The van der Waals surface area contributed by atoms with Crippen molar-refractivity contribution in [2.45, 2.75) is 30.3 Å². The molecule has 3 aliphatic heterocycles. The summed E-state index contributed by atoms with van der Waals surface area (Å²) < 4.78 is 0. The predicted octanol–water partition coefficient (Wildman–Crippen LogP) is 1.14. The van der Waals surface area contributed by atoms with Gasteiger partial charge in [0, 0.05) is 12.5 Å². The molecule has 1 aliphatic carbocycles. The summed E-state index contributed by atoms with van der Waals surface area (Å²) in [6, 6.07) is 13.0. The second-order valence-electron chi connectivity index (χ2n) is 5.42. The van der Waals surface area contributed by atoms with Crippen LogP contribution in [0.5, 0.6) is 0 Å². The summed E-state index contributed by atoms with van der Waals surface area (Å²) >= 11 is 0. The van der Waals surface area contributed by atoms with Gasteiger partial charge in [0.05, 0.1) is 11.7 Å². The molecule has 1 spiro atoms. The zero-order valence-electron chi connectivity index (χ0n) is 8.80. The molecule has 5 rings (SSSR count). The van der Waals surface area contributed by atoms with Gasteiger partial charge in [0.2, 0.25) is 0 Å². The molecular formula is C13H11N3. The maximum atomic E-state index is 9.39. The van der Waals surface area contributed by atoms with E-state index >= 15 is 0 Å². The summed E-state index contributed by atoms with van der Waals surface area (Å²) in [5.41, 5.74) is 1.48. The first kappa shape index (κ1) is 7.83. The molecule has 16 heavy (non-hydrogen) atoms. The summed E-state index contributed by atoms with van der Waals surface area (Å²) in [5.74, 6) is 0.816. The Morgan fingerprint density at radius 3 is 2.88 bits per heavy atom. The molecule has 3 heteroatoms. The smallest absolute Gasteiger partial charge is 0.186 e. The molecule has 0 radical (unpaired) electrons. The van der Waals surface area contributed by atoms with E-state index in [9.17, 15) is 5.26 Å². The van der Waals surface area contributed by atoms with Crippen molar-refractivity contribution in [1.82, 2.24) is 9.80 Å². The monoisotopic (exact) mass is 209 g/mol. The molecule has 5 atom stereocenters. The van der Waals surface area contributed by atoms with E-state index in [2.05, 4.69) is 40.1 Å². The zero-order valence-corrected chi connectivity index (χ0v) is 8.80. The van der Waals surface area contributed by atoms with Crippen molar-refractivity contribution >= 4 is 0 Å². The number of hydrogen-bond donors (Lipinski definition) is 0. The number of nitrogens with zero attached hydrogens (tertiary/aromatic N) is 3. The molecule has 78 valence electrons. The van der Waals surface area contributed by atoms with Crippen LogP contribution in [0, 0.1) is 17.2 Å². The summed E-state index contributed by atoms with van der Waals surface area (Å²) in [6.45, 7) is 0.938. The molecular weight excluding hydrogens is 198 g/mol. The van der Waals surface area contributed by atoms with Crippen LogP contribution in [0.15, 0.2) is 30.3 Å². The molecule has 5 unspecified atom stereocenters. The first-order valence-corrected chi connectivity index (χ1v) is 5.88. The largest absolute Gasteiger partial charge is 0.251 e. The van der Waals surface area contributed by atoms with Crippen LogP contribution in [-0.4, -0.2) is 27.2 Å². The van der Waals surface area contributed by atoms with Crippen LogP contribution in [0.3, 0.4) is 0 Å². The highest BCUT2D eigenvalue weighted by Crippen LogP contribution is 2.91. The van der Waals surface area contributed by atoms with Gasteiger partial charge >= 0.3 is 0 Å². The van der Waals surface area contributed by atoms with Gasteiger partial charge in [0.1, 0.15) is 6.07 Å². The fourth-order valence-corrected chi connectivity index (χ4v) is 4.35. The number of rotatable bonds is 2. The Hall–Kier alpha value is -1.37. The minimum atomic E-state index is -0.182. The van der Waals surface area contributed by atoms with Crippen LogP contribution in [-0.2, 0) is 6.54 Å². The van der Waals surface area contributed by atoms with Gasteiger partial charge in [-0.3, -0.25) is 4.90 Å². The fourth-order valence-electron chi connectivity index (χ4n) is 4.35. The third-order valence-electron chi connectivity index (χ3n) is 5.03. The van der Waals surface area contributed by atoms with E-state index < -0.39 is 0 Å². The third-order valence-corrected chi connectivity index (χ3v) is 5.03. The number of piperidine rings is 2. The van der Waals surface area contributed by atoms with Crippen molar-refractivity contribution in [3.63, 3.8) is 0 Å². The Morgan fingerprint density at radius 1 is 1.38 bits per heavy atom. The molecule has 0 amide bonds. The van der Waals surface area contributed by atoms with Crippen molar-refractivity contribution in [2.75, 3.05) is 0 Å². The van der Waals surface area contributed by atoms with Crippen LogP contribution in [0.25, 0.3) is 0 Å². The maximum Gasteiger partial charge on any atom is 0.186 e. The minimum Gasteiger partial charge on any atom is -0.251 e. The van der Waals surface area contributed by atoms with Gasteiger partial charge in [-0.1, -0.05) is 30.3 Å². The van der Waals surface area contributed by atoms with Crippen LogP contribution in [0.2, 0.25) is 0 Å². The maximum absolute atomic E-state index is 9.39. The van der Waals surface area contributed by atoms with Gasteiger partial charge in [-0.05, 0) is 12.0 Å². The lowest BCUT2D eigenvalue weighted by Gasteiger charge is -2.45. The highest BCUT2D eigenvalue weighted by Gasteiger charge is 3.08. The Kier molecular flexibility index (Phi) is 0.941. The number of likely N-dealkylation sites (tertiary alicyclic amines) is 1. The topological polar surface area (TPSA) is 30.0 Å². The fraction of sp³-hybridized carbons (Fsp3) is 0.462. The molecule has 4 fully saturated rings. The zero-order chi connectivity index (χ0) is 10.5. The predicted molar refractivity (Wildman–Crippen MR) is 56.8 cm³/mol. The minimum absolute atomic E-state index is 0.182. The van der Waals surface area contributed by atoms with Crippen LogP contribution < -0.4 is 0 Å². The van der Waals surface area contributed by atoms with E-state index in [1.165, 1.54) is 12.0 Å². The summed E-state index contributed by atoms with van der Waals surface area (Å²) in [7, 11) is 0. The quantitative estimate of drug-likeness (QED) is 0.684. The van der Waals surface area contributed by atoms with Crippen LogP contribution >= 0.6 is 0 Å². The molecule has 3 saturated heterocycles. The number of benzene rings is 1. The van der Waals surface area contributed by atoms with E-state index in [0.717, 1.165) is 12.5 Å². The highest BCUT2D eigenvalue weighted by atomic mass is 15.8. The van der Waals surface area contributed by atoms with Crippen molar-refractivity contribution in [3.8, 4) is 6.07 Å². The van der Waals surface area contributed by atoms with Crippen molar-refractivity contribution in [3.05, 3.63) is 35.9 Å². The van der Waals surface area contributed by atoms with E-state index in [0.29, 0.717) is 11.7 Å². The van der Waals surface area contributed by atoms with E-state index in [1.807, 2.05) is 6.07 Å². The van der Waals surface area contributed by atoms with Gasteiger partial charge in [-0.25, -0.2) is 4.90 Å². The van der Waals surface area contributed by atoms with Crippen LogP contribution in [0.4, 0.5) is 0 Å². The molecule has 3 heterocycles. The van der Waals surface area contributed by atoms with Crippen molar-refractivity contribution in [2.24, 2.45) is 5.92 Å². The molecule has 0 N–H and O–H groups in total. The lowest BCUT2D eigenvalue weighted by molar-refractivity contribution is -0.0826. The average Bonchev–Trinajstić information content (AvgIpc) is 3.03. The van der Waals surface area contributed by atoms with Gasteiger partial charge in [-0.15, -0.1) is 0 Å². The molecule has 3 nitrogen and oxygen atoms in total. The first-order chi connectivity index (χ1) is 7.86. The van der Waals surface area contributed by atoms with Gasteiger partial charge in [0.15, 0.2) is 5.66 Å². The molecule has 1 aromatic rings. The Bertz CT molecular complexity index is 548. The van der Waals surface area contributed by atoms with E-state index in [-0.39, 0.29) is 5.66 Å². The van der Waals surface area contributed by atoms with E-state index in [4.69, 9.17) is 0 Å². The summed E-state index contributed by atoms with van der Waals surface area (Å²) in [5, 5.41) is 9.39. The Morgan fingerprint density at radius 2 is 2.19 bits per heavy atom. The van der Waals surface area contributed by atoms with Gasteiger partial charge in [0.25, 0.3) is 0 Å². The second-order valence-corrected chi connectivity index (χ2v) is 5.42. The SMILES string of the molecule is N#CC12N(Cc3ccccc3)C3C4CC41N32. The van der Waals surface area contributed by atoms with Gasteiger partial charge in [-0.2, -0.15) is 5.26 Å². The molecule has 0 aromatic heterocycles. The number of hydrogen-bond acceptors (Lipinski definition) is 3. The molecule has 4 aliphatic rings. The Balaban J connectivity index is 1.49. The lowest BCUT2D eigenvalue weighted by Crippen LogP contribution is -2.61. The number of fused-ring (bicyclic) bond motifs is 1. The third kappa shape index (κ3) is 0.480.